The molecule has 2 amide bonds. The van der Waals surface area contributed by atoms with E-state index in [1.54, 1.807) is 4.90 Å². The first kappa shape index (κ1) is 35.1. The molecule has 5 rings (SSSR count). The second-order valence-corrected chi connectivity index (χ2v) is 20.1. The molecule has 254 valence electrons. The summed E-state index contributed by atoms with van der Waals surface area (Å²) in [7, 11) is 0.871. The SMILES string of the molecule is C[C@H]1CC[C@H](c2ccc3cc(C#N)c(C4CCN(C)CC4)nc3c2)N(C(=O)C(=O)Nc2cncc(C=N)c2NCOCC[Si](C)(C)C)C1. The van der Waals surface area contributed by atoms with Crippen LogP contribution in [0.4, 0.5) is 11.4 Å². The van der Waals surface area contributed by atoms with Crippen molar-refractivity contribution in [3.63, 3.8) is 0 Å². The van der Waals surface area contributed by atoms with Crippen LogP contribution in [0.3, 0.4) is 0 Å². The highest BCUT2D eigenvalue weighted by atomic mass is 28.3. The highest BCUT2D eigenvalue weighted by molar-refractivity contribution is 6.76. The van der Waals surface area contributed by atoms with E-state index in [0.29, 0.717) is 35.7 Å². The van der Waals surface area contributed by atoms with Crippen LogP contribution in [-0.4, -0.2) is 85.9 Å². The standard InChI is InChI=1S/C36H48N8O3Si/c1-24-6-9-32(27-8-7-26-16-28(18-37)33(41-30(26)17-27)25-10-12-43(2)13-11-25)44(22-24)36(46)35(45)42-31-21-39-20-29(19-38)34(31)40-23-47-14-15-48(3,4)5/h7-8,16-17,19-21,24-25,32,38H,6,9-15,22-23H2,1-5H3,(H,39,40)(H,42,45)/t24-,32+/m0/s1. The third-order valence-corrected chi connectivity index (χ3v) is 11.2. The van der Waals surface area contributed by atoms with Gasteiger partial charge in [-0.15, -0.1) is 0 Å². The maximum Gasteiger partial charge on any atom is 0.314 e. The Morgan fingerprint density at radius 1 is 1.15 bits per heavy atom. The van der Waals surface area contributed by atoms with Gasteiger partial charge in [-0.3, -0.25) is 19.6 Å². The van der Waals surface area contributed by atoms with Gasteiger partial charge < -0.3 is 30.6 Å². The van der Waals surface area contributed by atoms with Crippen molar-refractivity contribution in [2.24, 2.45) is 5.92 Å². The van der Waals surface area contributed by atoms with E-state index in [0.717, 1.165) is 73.2 Å². The summed E-state index contributed by atoms with van der Waals surface area (Å²) in [5.41, 5.74) is 4.47. The fraction of sp³-hybridized carbons (Fsp3) is 0.500. The molecule has 11 nitrogen and oxygen atoms in total. The molecule has 2 fully saturated rings. The molecule has 0 saturated carbocycles. The van der Waals surface area contributed by atoms with Crippen molar-refractivity contribution in [2.45, 2.75) is 70.3 Å². The number of carbonyl (C=O) groups is 2. The molecule has 1 aromatic carbocycles. The summed E-state index contributed by atoms with van der Waals surface area (Å²) in [4.78, 5) is 40.6. The number of rotatable bonds is 10. The summed E-state index contributed by atoms with van der Waals surface area (Å²) >= 11 is 0. The zero-order valence-corrected chi connectivity index (χ0v) is 29.8. The molecule has 0 aliphatic carbocycles. The van der Waals surface area contributed by atoms with Gasteiger partial charge in [0, 0.05) is 50.5 Å². The van der Waals surface area contributed by atoms with Gasteiger partial charge in [-0.05, 0) is 75.5 Å². The quantitative estimate of drug-likeness (QED) is 0.0787. The van der Waals surface area contributed by atoms with E-state index in [4.69, 9.17) is 15.1 Å². The van der Waals surface area contributed by atoms with Crippen LogP contribution in [0.5, 0.6) is 0 Å². The third kappa shape index (κ3) is 8.45. The Labute approximate surface area is 284 Å². The molecule has 0 bridgehead atoms. The number of ether oxygens (including phenoxy) is 1. The van der Waals surface area contributed by atoms with E-state index in [1.807, 2.05) is 24.3 Å². The number of pyridine rings is 2. The van der Waals surface area contributed by atoms with Crippen molar-refractivity contribution in [2.75, 3.05) is 50.7 Å². The van der Waals surface area contributed by atoms with Crippen LogP contribution in [0.1, 0.15) is 67.0 Å². The first-order chi connectivity index (χ1) is 23.0. The van der Waals surface area contributed by atoms with Crippen molar-refractivity contribution < 1.29 is 14.3 Å². The lowest BCUT2D eigenvalue weighted by atomic mass is 9.88. The molecule has 4 heterocycles. The number of anilines is 2. The lowest BCUT2D eigenvalue weighted by molar-refractivity contribution is -0.146. The molecule has 2 aliphatic heterocycles. The fourth-order valence-electron chi connectivity index (χ4n) is 6.57. The molecule has 3 aromatic rings. The Bertz CT molecular complexity index is 1690. The van der Waals surface area contributed by atoms with Crippen LogP contribution >= 0.6 is 0 Å². The first-order valence-corrected chi connectivity index (χ1v) is 20.6. The summed E-state index contributed by atoms with van der Waals surface area (Å²) in [5.74, 6) is -0.913. The molecular weight excluding hydrogens is 621 g/mol. The fourth-order valence-corrected chi connectivity index (χ4v) is 7.33. The summed E-state index contributed by atoms with van der Waals surface area (Å²) in [5, 5.41) is 24.6. The van der Waals surface area contributed by atoms with Crippen LogP contribution in [0, 0.1) is 22.7 Å². The van der Waals surface area contributed by atoms with Crippen LogP contribution in [-0.2, 0) is 14.3 Å². The molecular formula is C36H48N8O3Si. The molecule has 0 spiro atoms. The topological polar surface area (TPSA) is 147 Å². The highest BCUT2D eigenvalue weighted by Crippen LogP contribution is 2.36. The van der Waals surface area contributed by atoms with Crippen LogP contribution in [0.2, 0.25) is 25.7 Å². The normalized spacial score (nSPS) is 19.1. The van der Waals surface area contributed by atoms with Gasteiger partial charge >= 0.3 is 11.8 Å². The monoisotopic (exact) mass is 668 g/mol. The molecule has 0 unspecified atom stereocenters. The van der Waals surface area contributed by atoms with Gasteiger partial charge in [-0.1, -0.05) is 38.7 Å². The van der Waals surface area contributed by atoms with E-state index in [-0.39, 0.29) is 24.6 Å². The van der Waals surface area contributed by atoms with E-state index >= 15 is 0 Å². The second-order valence-electron chi connectivity index (χ2n) is 14.5. The van der Waals surface area contributed by atoms with Gasteiger partial charge in [-0.25, -0.2) is 0 Å². The number of amides is 2. The van der Waals surface area contributed by atoms with Gasteiger partial charge in [0.25, 0.3) is 0 Å². The lowest BCUT2D eigenvalue weighted by Crippen LogP contribution is -2.46. The number of nitrogens with zero attached hydrogens (tertiary/aromatic N) is 5. The van der Waals surface area contributed by atoms with Crippen molar-refractivity contribution in [3.8, 4) is 6.07 Å². The van der Waals surface area contributed by atoms with E-state index < -0.39 is 19.9 Å². The van der Waals surface area contributed by atoms with E-state index in [9.17, 15) is 14.9 Å². The van der Waals surface area contributed by atoms with Crippen molar-refractivity contribution in [3.05, 3.63) is 59.0 Å². The minimum absolute atomic E-state index is 0.198. The Hall–Kier alpha value is -4.18. The number of piperidine rings is 2. The largest absolute Gasteiger partial charge is 0.362 e. The minimum Gasteiger partial charge on any atom is -0.362 e. The molecule has 2 saturated heterocycles. The van der Waals surface area contributed by atoms with Crippen LogP contribution in [0.15, 0.2) is 36.7 Å². The van der Waals surface area contributed by atoms with Gasteiger partial charge in [0.15, 0.2) is 0 Å². The maximum atomic E-state index is 13.9. The van der Waals surface area contributed by atoms with Gasteiger partial charge in [-0.2, -0.15) is 5.26 Å². The Morgan fingerprint density at radius 2 is 1.92 bits per heavy atom. The second kappa shape index (κ2) is 15.4. The maximum absolute atomic E-state index is 13.9. The predicted octanol–water partition coefficient (Wildman–Crippen LogP) is 5.97. The number of nitrogens with one attached hydrogen (secondary N) is 3. The Balaban J connectivity index is 1.36. The number of hydrogen-bond donors (Lipinski definition) is 3. The lowest BCUT2D eigenvalue weighted by Gasteiger charge is -2.38. The summed E-state index contributed by atoms with van der Waals surface area (Å²) in [6.07, 6.45) is 7.73. The van der Waals surface area contributed by atoms with Crippen molar-refractivity contribution >= 4 is 48.4 Å². The number of carbonyl (C=O) groups excluding carboxylic acids is 2. The highest BCUT2D eigenvalue weighted by Gasteiger charge is 2.35. The van der Waals surface area contributed by atoms with Gasteiger partial charge in [0.05, 0.1) is 40.4 Å². The van der Waals surface area contributed by atoms with E-state index in [1.165, 1.54) is 12.4 Å². The Kier molecular flexibility index (Phi) is 11.2. The van der Waals surface area contributed by atoms with Crippen LogP contribution in [0.25, 0.3) is 10.9 Å². The summed E-state index contributed by atoms with van der Waals surface area (Å²) in [6.45, 7) is 12.2. The number of hydrogen-bond acceptors (Lipinski definition) is 9. The number of likely N-dealkylation sites (tertiary alicyclic amines) is 2. The number of benzene rings is 1. The minimum atomic E-state index is -1.25. The Morgan fingerprint density at radius 3 is 2.62 bits per heavy atom. The molecule has 2 aromatic heterocycles. The van der Waals surface area contributed by atoms with Crippen molar-refractivity contribution in [1.29, 1.82) is 10.7 Å². The summed E-state index contributed by atoms with van der Waals surface area (Å²) < 4.78 is 5.80. The molecule has 12 heteroatoms. The average molecular weight is 669 g/mol. The zero-order valence-electron chi connectivity index (χ0n) is 28.8. The molecule has 48 heavy (non-hydrogen) atoms. The van der Waals surface area contributed by atoms with E-state index in [2.05, 4.69) is 60.2 Å². The van der Waals surface area contributed by atoms with Crippen LogP contribution < -0.4 is 10.6 Å². The zero-order chi connectivity index (χ0) is 34.4. The third-order valence-electron chi connectivity index (χ3n) is 9.48. The van der Waals surface area contributed by atoms with Gasteiger partial charge in [0.2, 0.25) is 0 Å². The van der Waals surface area contributed by atoms with Crippen molar-refractivity contribution in [1.82, 2.24) is 19.8 Å². The predicted molar refractivity (Wildman–Crippen MR) is 192 cm³/mol. The van der Waals surface area contributed by atoms with Gasteiger partial charge in [0.1, 0.15) is 12.8 Å². The number of nitriles is 1. The molecule has 3 N–H and O–H groups in total. The average Bonchev–Trinajstić information content (AvgIpc) is 3.07. The first-order valence-electron chi connectivity index (χ1n) is 16.9. The number of fused-ring (bicyclic) bond motifs is 1. The molecule has 0 radical (unpaired) electrons. The molecule has 2 atom stereocenters. The smallest absolute Gasteiger partial charge is 0.314 e. The molecule has 2 aliphatic rings. The number of aromatic nitrogens is 2. The summed E-state index contributed by atoms with van der Waals surface area (Å²) in [6, 6.07) is 11.0.